The zero-order valence-electron chi connectivity index (χ0n) is 19.2. The Morgan fingerprint density at radius 2 is 1.76 bits per heavy atom. The van der Waals surface area contributed by atoms with Crippen molar-refractivity contribution in [3.05, 3.63) is 95.2 Å². The molecule has 0 radical (unpaired) electrons. The summed E-state index contributed by atoms with van der Waals surface area (Å²) in [7, 11) is 0. The van der Waals surface area contributed by atoms with Gasteiger partial charge in [-0.05, 0) is 116 Å². The van der Waals surface area contributed by atoms with Crippen LogP contribution in [0.5, 0.6) is 5.75 Å². The third-order valence-corrected chi connectivity index (χ3v) is 8.15. The lowest BCUT2D eigenvalue weighted by Crippen LogP contribution is -2.28. The minimum absolute atomic E-state index is 0.152. The molecular formula is C26H18Br2Cl2N2O4S. The fourth-order valence-electron chi connectivity index (χ4n) is 3.40. The number of nitrogens with zero attached hydrogens (tertiary/aromatic N) is 2. The fourth-order valence-corrected chi connectivity index (χ4v) is 6.23. The molecule has 1 fully saturated rings. The van der Waals surface area contributed by atoms with Crippen LogP contribution in [0.2, 0.25) is 10.0 Å². The second kappa shape index (κ2) is 12.0. The van der Waals surface area contributed by atoms with Gasteiger partial charge in [0, 0.05) is 6.54 Å². The number of amidine groups is 1. The van der Waals surface area contributed by atoms with Crippen molar-refractivity contribution in [2.24, 2.45) is 4.99 Å². The molecule has 1 heterocycles. The fraction of sp³-hybridized carbons (Fsp3) is 0.115. The number of carboxylic acid groups (broad SMARTS) is 1. The van der Waals surface area contributed by atoms with Gasteiger partial charge in [0.15, 0.2) is 5.17 Å². The van der Waals surface area contributed by atoms with Gasteiger partial charge in [-0.1, -0.05) is 29.3 Å². The molecule has 3 aromatic rings. The Balaban J connectivity index is 1.54. The lowest BCUT2D eigenvalue weighted by molar-refractivity contribution is -0.122. The zero-order valence-corrected chi connectivity index (χ0v) is 24.7. The van der Waals surface area contributed by atoms with Crippen molar-refractivity contribution in [1.29, 1.82) is 0 Å². The van der Waals surface area contributed by atoms with Crippen molar-refractivity contribution < 1.29 is 19.4 Å². The van der Waals surface area contributed by atoms with E-state index in [0.717, 1.165) is 11.1 Å². The summed E-state index contributed by atoms with van der Waals surface area (Å²) < 4.78 is 7.41. The summed E-state index contributed by atoms with van der Waals surface area (Å²) in [5.41, 5.74) is 2.40. The Morgan fingerprint density at radius 1 is 1.08 bits per heavy atom. The number of rotatable bonds is 7. The molecule has 4 rings (SSSR count). The first-order chi connectivity index (χ1) is 17.7. The molecule has 190 valence electrons. The molecule has 1 N–H and O–H groups in total. The van der Waals surface area contributed by atoms with Crippen molar-refractivity contribution >= 4 is 95.6 Å². The molecule has 0 aliphatic carbocycles. The van der Waals surface area contributed by atoms with Crippen LogP contribution in [0.15, 0.2) is 73.4 Å². The molecule has 0 spiro atoms. The van der Waals surface area contributed by atoms with Crippen molar-refractivity contribution in [2.75, 3.05) is 6.54 Å². The van der Waals surface area contributed by atoms with Crippen LogP contribution in [-0.4, -0.2) is 33.6 Å². The van der Waals surface area contributed by atoms with Gasteiger partial charge in [0.1, 0.15) is 12.4 Å². The SMILES string of the molecule is CCN1C(=O)/C(=C/c2cc(Br)c(OCc3ccc(Cl)c(Cl)c3)c(Br)c2)SC1=Nc1ccc(C(=O)O)cc1. The highest BCUT2D eigenvalue weighted by Gasteiger charge is 2.32. The lowest BCUT2D eigenvalue weighted by Gasteiger charge is -2.12. The average Bonchev–Trinajstić information content (AvgIpc) is 3.14. The van der Waals surface area contributed by atoms with E-state index < -0.39 is 5.97 Å². The number of thioether (sulfide) groups is 1. The van der Waals surface area contributed by atoms with Gasteiger partial charge in [-0.3, -0.25) is 9.69 Å². The number of carbonyl (C=O) groups excluding carboxylic acids is 1. The maximum atomic E-state index is 13.0. The van der Waals surface area contributed by atoms with E-state index in [9.17, 15) is 9.59 Å². The number of carboxylic acids is 1. The highest BCUT2D eigenvalue weighted by atomic mass is 79.9. The smallest absolute Gasteiger partial charge is 0.335 e. The molecule has 1 saturated heterocycles. The summed E-state index contributed by atoms with van der Waals surface area (Å²) in [4.78, 5) is 30.8. The Hall–Kier alpha value is -2.30. The van der Waals surface area contributed by atoms with Crippen LogP contribution < -0.4 is 4.74 Å². The van der Waals surface area contributed by atoms with E-state index in [1.165, 1.54) is 23.9 Å². The molecule has 0 atom stereocenters. The largest absolute Gasteiger partial charge is 0.487 e. The molecule has 1 aliphatic heterocycles. The third kappa shape index (κ3) is 6.59. The molecule has 37 heavy (non-hydrogen) atoms. The number of carbonyl (C=O) groups is 2. The standard InChI is InChI=1S/C26H18Br2Cl2N2O4S/c1-2-32-24(33)22(37-26(32)31-17-6-4-16(5-7-17)25(34)35)12-15-9-18(27)23(19(28)10-15)36-13-14-3-8-20(29)21(30)11-14/h3-12H,2,13H2,1H3,(H,34,35)/b22-12-,31-26?. The van der Waals surface area contributed by atoms with E-state index in [4.69, 9.17) is 33.0 Å². The van der Waals surface area contributed by atoms with Crippen molar-refractivity contribution in [1.82, 2.24) is 4.90 Å². The third-order valence-electron chi connectivity index (χ3n) is 5.23. The predicted molar refractivity (Wildman–Crippen MR) is 156 cm³/mol. The Kier molecular flexibility index (Phi) is 9.03. The second-order valence-electron chi connectivity index (χ2n) is 7.76. The quantitative estimate of drug-likeness (QED) is 0.253. The summed E-state index contributed by atoms with van der Waals surface area (Å²) in [6, 6.07) is 15.2. The van der Waals surface area contributed by atoms with Gasteiger partial charge in [-0.25, -0.2) is 9.79 Å². The number of amides is 1. The molecule has 0 aromatic heterocycles. The first-order valence-corrected chi connectivity index (χ1v) is 14.0. The summed E-state index contributed by atoms with van der Waals surface area (Å²) in [6.07, 6.45) is 1.80. The minimum Gasteiger partial charge on any atom is -0.487 e. The summed E-state index contributed by atoms with van der Waals surface area (Å²) >= 11 is 20.5. The molecule has 6 nitrogen and oxygen atoms in total. The highest BCUT2D eigenvalue weighted by Crippen LogP contribution is 2.39. The topological polar surface area (TPSA) is 79.2 Å². The van der Waals surface area contributed by atoms with E-state index >= 15 is 0 Å². The van der Waals surface area contributed by atoms with Crippen molar-refractivity contribution in [3.63, 3.8) is 0 Å². The van der Waals surface area contributed by atoms with Crippen LogP contribution in [0.3, 0.4) is 0 Å². The van der Waals surface area contributed by atoms with Crippen molar-refractivity contribution in [3.8, 4) is 5.75 Å². The minimum atomic E-state index is -1.01. The molecular weight excluding hydrogens is 667 g/mol. The summed E-state index contributed by atoms with van der Waals surface area (Å²) in [5, 5.41) is 10.6. The predicted octanol–water partition coefficient (Wildman–Crippen LogP) is 8.42. The maximum Gasteiger partial charge on any atom is 0.335 e. The van der Waals surface area contributed by atoms with Crippen LogP contribution in [0.4, 0.5) is 5.69 Å². The van der Waals surface area contributed by atoms with Gasteiger partial charge < -0.3 is 9.84 Å². The summed E-state index contributed by atoms with van der Waals surface area (Å²) in [5.74, 6) is -0.547. The van der Waals surface area contributed by atoms with E-state index in [1.807, 2.05) is 25.1 Å². The first-order valence-electron chi connectivity index (χ1n) is 10.9. The van der Waals surface area contributed by atoms with Gasteiger partial charge in [0.2, 0.25) is 0 Å². The van der Waals surface area contributed by atoms with E-state index in [1.54, 1.807) is 35.2 Å². The number of halogens is 4. The molecule has 0 bridgehead atoms. The van der Waals surface area contributed by atoms with Gasteiger partial charge in [0.25, 0.3) is 5.91 Å². The van der Waals surface area contributed by atoms with Crippen LogP contribution in [-0.2, 0) is 11.4 Å². The normalized spacial score (nSPS) is 15.6. The van der Waals surface area contributed by atoms with E-state index in [2.05, 4.69) is 36.9 Å². The summed E-state index contributed by atoms with van der Waals surface area (Å²) in [6.45, 7) is 2.61. The second-order valence-corrected chi connectivity index (χ2v) is 11.3. The number of hydrogen-bond donors (Lipinski definition) is 1. The molecule has 0 saturated carbocycles. The van der Waals surface area contributed by atoms with Crippen molar-refractivity contribution in [2.45, 2.75) is 13.5 Å². The lowest BCUT2D eigenvalue weighted by atomic mass is 10.2. The van der Waals surface area contributed by atoms with E-state index in [0.29, 0.717) is 53.7 Å². The van der Waals surface area contributed by atoms with E-state index in [-0.39, 0.29) is 11.5 Å². The zero-order chi connectivity index (χ0) is 26.7. The van der Waals surface area contributed by atoms with Gasteiger partial charge >= 0.3 is 5.97 Å². The Morgan fingerprint density at radius 3 is 2.35 bits per heavy atom. The van der Waals surface area contributed by atoms with Gasteiger partial charge in [-0.15, -0.1) is 0 Å². The molecule has 1 amide bonds. The highest BCUT2D eigenvalue weighted by molar-refractivity contribution is 9.11. The number of aliphatic imine (C=N–C) groups is 1. The van der Waals surface area contributed by atoms with Gasteiger partial charge in [-0.2, -0.15) is 0 Å². The van der Waals surface area contributed by atoms with Crippen LogP contribution in [0.1, 0.15) is 28.4 Å². The number of hydrogen-bond acceptors (Lipinski definition) is 5. The molecule has 0 unspecified atom stereocenters. The van der Waals surface area contributed by atoms with Crippen LogP contribution >= 0.6 is 66.8 Å². The number of ether oxygens (including phenoxy) is 1. The van der Waals surface area contributed by atoms with Crippen LogP contribution in [0.25, 0.3) is 6.08 Å². The monoisotopic (exact) mass is 682 g/mol. The first kappa shape index (κ1) is 27.7. The average molecular weight is 685 g/mol. The van der Waals surface area contributed by atoms with Crippen LogP contribution in [0, 0.1) is 0 Å². The molecule has 3 aromatic carbocycles. The number of aromatic carboxylic acids is 1. The Labute approximate surface area is 244 Å². The number of benzene rings is 3. The van der Waals surface area contributed by atoms with Gasteiger partial charge in [0.05, 0.1) is 35.1 Å². The Bertz CT molecular complexity index is 1420. The number of likely N-dealkylation sites (N-methyl/N-ethyl adjacent to an activating group) is 1. The molecule has 1 aliphatic rings. The maximum absolute atomic E-state index is 13.0. The molecule has 11 heteroatoms.